The Morgan fingerprint density at radius 1 is 0.382 bits per heavy atom. The summed E-state index contributed by atoms with van der Waals surface area (Å²) in [5, 5.41) is 7.27. The molecule has 0 N–H and O–H groups in total. The van der Waals surface area contributed by atoms with Crippen LogP contribution in [0.5, 0.6) is 0 Å². The van der Waals surface area contributed by atoms with Crippen molar-refractivity contribution in [1.82, 2.24) is 0 Å². The molecule has 0 atom stereocenters. The van der Waals surface area contributed by atoms with E-state index in [9.17, 15) is 0 Å². The van der Waals surface area contributed by atoms with Gasteiger partial charge in [0.05, 0.1) is 5.69 Å². The van der Waals surface area contributed by atoms with Gasteiger partial charge >= 0.3 is 0 Å². The third-order valence-corrected chi connectivity index (χ3v) is 11.9. The van der Waals surface area contributed by atoms with Crippen molar-refractivity contribution in [2.45, 2.75) is 19.3 Å². The molecule has 0 fully saturated rings. The summed E-state index contributed by atoms with van der Waals surface area (Å²) in [7, 11) is 0. The van der Waals surface area contributed by atoms with Crippen LogP contribution in [0, 0.1) is 0 Å². The number of hydrogen-bond donors (Lipinski definition) is 0. The molecular formula is C53H37NO. The minimum Gasteiger partial charge on any atom is -0.456 e. The van der Waals surface area contributed by atoms with E-state index in [4.69, 9.17) is 4.42 Å². The van der Waals surface area contributed by atoms with Gasteiger partial charge in [0.1, 0.15) is 11.2 Å². The first kappa shape index (κ1) is 31.6. The molecule has 0 aliphatic heterocycles. The predicted molar refractivity (Wildman–Crippen MR) is 232 cm³/mol. The molecule has 2 nitrogen and oxygen atoms in total. The molecule has 2 heteroatoms. The van der Waals surface area contributed by atoms with E-state index in [1.54, 1.807) is 0 Å². The van der Waals surface area contributed by atoms with E-state index in [1.165, 1.54) is 71.7 Å². The summed E-state index contributed by atoms with van der Waals surface area (Å²) in [5.74, 6) is 0. The van der Waals surface area contributed by atoms with E-state index in [1.807, 2.05) is 12.1 Å². The summed E-state index contributed by atoms with van der Waals surface area (Å²) < 4.78 is 6.08. The van der Waals surface area contributed by atoms with Crippen LogP contribution in [0.2, 0.25) is 0 Å². The lowest BCUT2D eigenvalue weighted by molar-refractivity contribution is 0.660. The Morgan fingerprint density at radius 2 is 0.945 bits per heavy atom. The van der Waals surface area contributed by atoms with E-state index in [0.717, 1.165) is 33.3 Å². The highest BCUT2D eigenvalue weighted by Gasteiger charge is 2.35. The van der Waals surface area contributed by atoms with Crippen LogP contribution in [0.15, 0.2) is 192 Å². The van der Waals surface area contributed by atoms with Gasteiger partial charge in [-0.05, 0) is 109 Å². The molecule has 1 aliphatic rings. The van der Waals surface area contributed by atoms with E-state index >= 15 is 0 Å². The zero-order valence-corrected chi connectivity index (χ0v) is 30.8. The number of fused-ring (bicyclic) bond motifs is 9. The monoisotopic (exact) mass is 703 g/mol. The molecule has 0 bridgehead atoms. The van der Waals surface area contributed by atoms with Crippen molar-refractivity contribution in [3.05, 3.63) is 199 Å². The smallest absolute Gasteiger partial charge is 0.135 e. The molecule has 0 saturated heterocycles. The van der Waals surface area contributed by atoms with Crippen LogP contribution in [0.3, 0.4) is 0 Å². The standard InChI is InChI=1S/C53H37NO/c1-53(2)48-17-9-7-14-43(48)44-29-28-40(33-49(44)53)54(50-32-38-11-3-4-12-41(38)42-13-5-6-15-45(42)50)39-26-23-35(24-27-39)34-19-21-36(22-20-34)37-25-30-52-47(31-37)46-16-8-10-18-51(46)55-52/h3-33H,1-2H3. The van der Waals surface area contributed by atoms with E-state index in [2.05, 4.69) is 195 Å². The van der Waals surface area contributed by atoms with Crippen molar-refractivity contribution in [3.8, 4) is 33.4 Å². The van der Waals surface area contributed by atoms with Crippen molar-refractivity contribution < 1.29 is 4.42 Å². The molecular weight excluding hydrogens is 667 g/mol. The molecule has 0 spiro atoms. The Kier molecular flexibility index (Phi) is 6.93. The second-order valence-electron chi connectivity index (χ2n) is 15.3. The van der Waals surface area contributed by atoms with Crippen LogP contribution in [0.25, 0.3) is 76.9 Å². The van der Waals surface area contributed by atoms with Crippen LogP contribution in [0.4, 0.5) is 17.1 Å². The minimum absolute atomic E-state index is 0.104. The molecule has 0 amide bonds. The average Bonchev–Trinajstić information content (AvgIpc) is 3.72. The molecule has 11 rings (SSSR count). The van der Waals surface area contributed by atoms with Crippen LogP contribution < -0.4 is 4.90 Å². The Hall–Kier alpha value is -6.90. The highest BCUT2D eigenvalue weighted by atomic mass is 16.3. The fourth-order valence-electron chi connectivity index (χ4n) is 9.04. The van der Waals surface area contributed by atoms with Crippen LogP contribution in [-0.4, -0.2) is 0 Å². The topological polar surface area (TPSA) is 16.4 Å². The fraction of sp³-hybridized carbons (Fsp3) is 0.0566. The number of benzene rings is 9. The first-order chi connectivity index (χ1) is 27.0. The zero-order valence-electron chi connectivity index (χ0n) is 30.8. The normalized spacial score (nSPS) is 13.1. The van der Waals surface area contributed by atoms with Gasteiger partial charge in [-0.15, -0.1) is 0 Å². The summed E-state index contributed by atoms with van der Waals surface area (Å²) in [6.45, 7) is 4.71. The second kappa shape index (κ2) is 12.1. The van der Waals surface area contributed by atoms with Gasteiger partial charge in [0, 0.05) is 32.9 Å². The summed E-state index contributed by atoms with van der Waals surface area (Å²) in [5.41, 5.74) is 15.3. The maximum Gasteiger partial charge on any atom is 0.135 e. The van der Waals surface area contributed by atoms with Gasteiger partial charge < -0.3 is 9.32 Å². The van der Waals surface area contributed by atoms with Crippen LogP contribution in [-0.2, 0) is 5.41 Å². The van der Waals surface area contributed by atoms with Crippen molar-refractivity contribution in [2.24, 2.45) is 0 Å². The number of furan rings is 1. The number of para-hydroxylation sites is 1. The highest BCUT2D eigenvalue weighted by molar-refractivity contribution is 6.14. The number of hydrogen-bond acceptors (Lipinski definition) is 2. The molecule has 1 heterocycles. The zero-order chi connectivity index (χ0) is 36.7. The third kappa shape index (κ3) is 4.95. The van der Waals surface area contributed by atoms with Crippen molar-refractivity contribution in [1.29, 1.82) is 0 Å². The molecule has 10 aromatic rings. The SMILES string of the molecule is CC1(C)c2ccccc2-c2ccc(N(c3ccc(-c4ccc(-c5ccc6oc7ccccc7c6c5)cc4)cc3)c3cc4ccccc4c4ccccc34)cc21. The lowest BCUT2D eigenvalue weighted by Crippen LogP contribution is -2.16. The Bertz CT molecular complexity index is 3110. The minimum atomic E-state index is -0.104. The molecule has 9 aromatic carbocycles. The fourth-order valence-corrected chi connectivity index (χ4v) is 9.04. The van der Waals surface area contributed by atoms with Gasteiger partial charge in [0.15, 0.2) is 0 Å². The Labute approximate surface area is 320 Å². The molecule has 0 unspecified atom stereocenters. The summed E-state index contributed by atoms with van der Waals surface area (Å²) >= 11 is 0. The predicted octanol–water partition coefficient (Wildman–Crippen LogP) is 15.0. The van der Waals surface area contributed by atoms with Crippen molar-refractivity contribution in [3.63, 3.8) is 0 Å². The maximum atomic E-state index is 6.08. The summed E-state index contributed by atoms with van der Waals surface area (Å²) in [6, 6.07) is 68.6. The summed E-state index contributed by atoms with van der Waals surface area (Å²) in [4.78, 5) is 2.46. The van der Waals surface area contributed by atoms with Gasteiger partial charge in [-0.2, -0.15) is 0 Å². The average molecular weight is 704 g/mol. The van der Waals surface area contributed by atoms with Crippen LogP contribution in [0.1, 0.15) is 25.0 Å². The first-order valence-electron chi connectivity index (χ1n) is 19.1. The van der Waals surface area contributed by atoms with Crippen molar-refractivity contribution >= 4 is 60.5 Å². The molecule has 55 heavy (non-hydrogen) atoms. The largest absolute Gasteiger partial charge is 0.456 e. The van der Waals surface area contributed by atoms with Gasteiger partial charge in [0.2, 0.25) is 0 Å². The maximum absolute atomic E-state index is 6.08. The molecule has 0 saturated carbocycles. The number of nitrogens with zero attached hydrogens (tertiary/aromatic N) is 1. The third-order valence-electron chi connectivity index (χ3n) is 11.9. The second-order valence-corrected chi connectivity index (χ2v) is 15.3. The van der Waals surface area contributed by atoms with Gasteiger partial charge in [-0.1, -0.05) is 153 Å². The Balaban J connectivity index is 1.01. The van der Waals surface area contributed by atoms with Gasteiger partial charge in [-0.25, -0.2) is 0 Å². The number of rotatable bonds is 5. The molecule has 1 aliphatic carbocycles. The van der Waals surface area contributed by atoms with Crippen LogP contribution >= 0.6 is 0 Å². The molecule has 260 valence electrons. The first-order valence-corrected chi connectivity index (χ1v) is 19.1. The molecule has 0 radical (unpaired) electrons. The van der Waals surface area contributed by atoms with Gasteiger partial charge in [-0.3, -0.25) is 0 Å². The van der Waals surface area contributed by atoms with Gasteiger partial charge in [0.25, 0.3) is 0 Å². The summed E-state index contributed by atoms with van der Waals surface area (Å²) in [6.07, 6.45) is 0. The lowest BCUT2D eigenvalue weighted by atomic mass is 9.82. The quantitative estimate of drug-likeness (QED) is 0.166. The number of anilines is 3. The molecule has 1 aromatic heterocycles. The van der Waals surface area contributed by atoms with E-state index in [-0.39, 0.29) is 5.41 Å². The van der Waals surface area contributed by atoms with E-state index in [0.29, 0.717) is 0 Å². The Morgan fingerprint density at radius 3 is 1.75 bits per heavy atom. The lowest BCUT2D eigenvalue weighted by Gasteiger charge is -2.29. The van der Waals surface area contributed by atoms with Crippen molar-refractivity contribution in [2.75, 3.05) is 4.90 Å². The highest BCUT2D eigenvalue weighted by Crippen LogP contribution is 2.51. The van der Waals surface area contributed by atoms with E-state index < -0.39 is 0 Å².